The largest absolute Gasteiger partial charge is 0.127 e. The zero-order valence-corrected chi connectivity index (χ0v) is 11.4. The quantitative estimate of drug-likeness (QED) is 0.343. The molecule has 0 rings (SSSR count). The first-order chi connectivity index (χ1) is 6.12. The van der Waals surface area contributed by atoms with E-state index in [2.05, 4.69) is 6.92 Å². The van der Waals surface area contributed by atoms with Gasteiger partial charge in [-0.3, -0.25) is 0 Å². The highest BCUT2D eigenvalue weighted by atomic mass is 35.5. The molecule has 4 heteroatoms. The van der Waals surface area contributed by atoms with Gasteiger partial charge in [0.2, 0.25) is 0 Å². The third-order valence-corrected chi connectivity index (χ3v) is 4.56. The van der Waals surface area contributed by atoms with E-state index in [1.165, 1.54) is 25.7 Å². The predicted octanol–water partition coefficient (Wildman–Crippen LogP) is 4.45. The molecule has 0 aliphatic rings. The highest BCUT2D eigenvalue weighted by molar-refractivity contribution is 6.72. The maximum Gasteiger partial charge on any atom is 0.104 e. The third kappa shape index (κ3) is 9.39. The molecule has 0 fully saturated rings. The maximum absolute atomic E-state index is 6.04. The summed E-state index contributed by atoms with van der Waals surface area (Å²) in [7, 11) is 0.623. The lowest BCUT2D eigenvalue weighted by Gasteiger charge is -2.16. The highest BCUT2D eigenvalue weighted by Crippen LogP contribution is 2.26. The van der Waals surface area contributed by atoms with Crippen molar-refractivity contribution in [3.63, 3.8) is 0 Å². The Morgan fingerprint density at radius 2 is 1.85 bits per heavy atom. The van der Waals surface area contributed by atoms with Crippen LogP contribution in [0.5, 0.6) is 0 Å². The molecule has 0 aromatic rings. The molecular formula is C9H17Cl3Si. The second kappa shape index (κ2) is 8.40. The summed E-state index contributed by atoms with van der Waals surface area (Å²) in [6, 6.07) is 1.14. The summed E-state index contributed by atoms with van der Waals surface area (Å²) >= 11 is 17.7. The van der Waals surface area contributed by atoms with E-state index >= 15 is 0 Å². The monoisotopic (exact) mass is 258 g/mol. The molecule has 78 valence electrons. The molecule has 0 saturated carbocycles. The Morgan fingerprint density at radius 3 is 2.38 bits per heavy atom. The molecule has 0 N–H and O–H groups in total. The van der Waals surface area contributed by atoms with Gasteiger partial charge in [-0.2, -0.15) is 0 Å². The minimum atomic E-state index is -0.562. The fourth-order valence-electron chi connectivity index (χ4n) is 1.03. The Hall–Kier alpha value is 1.09. The molecule has 0 bridgehead atoms. The first-order valence-corrected chi connectivity index (χ1v) is 7.31. The van der Waals surface area contributed by atoms with Crippen LogP contribution in [0, 0.1) is 0 Å². The SMILES string of the molecule is CCCCCC[Si]C(Cl)(Cl)CCCl. The Bertz CT molecular complexity index is 117. The van der Waals surface area contributed by atoms with Crippen molar-refractivity contribution in [2.24, 2.45) is 0 Å². The first kappa shape index (κ1) is 14.1. The molecule has 0 aromatic carbocycles. The molecule has 0 saturated heterocycles. The van der Waals surface area contributed by atoms with Crippen molar-refractivity contribution in [3.05, 3.63) is 0 Å². The topological polar surface area (TPSA) is 0 Å². The van der Waals surface area contributed by atoms with E-state index in [1.807, 2.05) is 0 Å². The summed E-state index contributed by atoms with van der Waals surface area (Å²) in [4.78, 5) is 0. The van der Waals surface area contributed by atoms with Crippen LogP contribution in [0.1, 0.15) is 39.0 Å². The Labute approximate surface area is 99.1 Å². The fraction of sp³-hybridized carbons (Fsp3) is 1.00. The molecule has 0 atom stereocenters. The van der Waals surface area contributed by atoms with Gasteiger partial charge in [-0.1, -0.05) is 38.7 Å². The van der Waals surface area contributed by atoms with Crippen LogP contribution in [0.4, 0.5) is 0 Å². The minimum absolute atomic E-state index is 0.551. The van der Waals surface area contributed by atoms with Crippen molar-refractivity contribution >= 4 is 44.3 Å². The normalized spacial score (nSPS) is 12.0. The third-order valence-electron chi connectivity index (χ3n) is 1.82. The Kier molecular flexibility index (Phi) is 9.10. The lowest BCUT2D eigenvalue weighted by Crippen LogP contribution is -2.22. The van der Waals surface area contributed by atoms with E-state index < -0.39 is 3.96 Å². The summed E-state index contributed by atoms with van der Waals surface area (Å²) in [5.41, 5.74) is 0. The van der Waals surface area contributed by atoms with E-state index in [-0.39, 0.29) is 0 Å². The predicted molar refractivity (Wildman–Crippen MR) is 64.5 cm³/mol. The summed E-state index contributed by atoms with van der Waals surface area (Å²) in [6.45, 7) is 2.21. The fourth-order valence-corrected chi connectivity index (χ4v) is 3.52. The van der Waals surface area contributed by atoms with E-state index in [0.29, 0.717) is 21.8 Å². The zero-order chi connectivity index (χ0) is 10.2. The lowest BCUT2D eigenvalue weighted by atomic mass is 10.2. The van der Waals surface area contributed by atoms with Crippen LogP contribution >= 0.6 is 34.8 Å². The van der Waals surface area contributed by atoms with Gasteiger partial charge in [0.1, 0.15) is 3.96 Å². The molecule has 0 aliphatic heterocycles. The minimum Gasteiger partial charge on any atom is -0.127 e. The van der Waals surface area contributed by atoms with Gasteiger partial charge >= 0.3 is 0 Å². The average Bonchev–Trinajstić information content (AvgIpc) is 2.04. The van der Waals surface area contributed by atoms with Crippen LogP contribution in [0.15, 0.2) is 0 Å². The second-order valence-corrected chi connectivity index (χ2v) is 7.33. The van der Waals surface area contributed by atoms with Gasteiger partial charge in [-0.05, 0) is 6.42 Å². The van der Waals surface area contributed by atoms with Gasteiger partial charge in [0, 0.05) is 5.88 Å². The molecule has 0 amide bonds. The number of alkyl halides is 3. The number of unbranched alkanes of at least 4 members (excludes halogenated alkanes) is 3. The summed E-state index contributed by atoms with van der Waals surface area (Å²) in [6.07, 6.45) is 5.84. The highest BCUT2D eigenvalue weighted by Gasteiger charge is 2.22. The van der Waals surface area contributed by atoms with Crippen molar-refractivity contribution in [1.29, 1.82) is 0 Å². The number of halogens is 3. The number of hydrogen-bond acceptors (Lipinski definition) is 0. The average molecular weight is 260 g/mol. The number of rotatable bonds is 8. The van der Waals surface area contributed by atoms with Crippen molar-refractivity contribution in [1.82, 2.24) is 0 Å². The van der Waals surface area contributed by atoms with Crippen LogP contribution in [0.3, 0.4) is 0 Å². The van der Waals surface area contributed by atoms with Gasteiger partial charge in [0.15, 0.2) is 0 Å². The van der Waals surface area contributed by atoms with Crippen LogP contribution in [-0.2, 0) is 0 Å². The van der Waals surface area contributed by atoms with Gasteiger partial charge in [0.05, 0.1) is 9.52 Å². The van der Waals surface area contributed by atoms with E-state index in [9.17, 15) is 0 Å². The van der Waals surface area contributed by atoms with Crippen LogP contribution < -0.4 is 0 Å². The molecule has 0 heterocycles. The lowest BCUT2D eigenvalue weighted by molar-refractivity contribution is 0.698. The molecule has 2 radical (unpaired) electrons. The molecule has 0 aliphatic carbocycles. The van der Waals surface area contributed by atoms with Gasteiger partial charge in [-0.15, -0.1) is 34.8 Å². The summed E-state index contributed by atoms with van der Waals surface area (Å²) in [5.74, 6) is 0.551. The molecule has 0 unspecified atom stereocenters. The smallest absolute Gasteiger partial charge is 0.104 e. The molecule has 13 heavy (non-hydrogen) atoms. The summed E-state index contributed by atoms with van der Waals surface area (Å²) in [5, 5.41) is 0. The first-order valence-electron chi connectivity index (χ1n) is 4.81. The molecule has 0 aromatic heterocycles. The van der Waals surface area contributed by atoms with Crippen LogP contribution in [0.25, 0.3) is 0 Å². The molecule has 0 spiro atoms. The van der Waals surface area contributed by atoms with Crippen molar-refractivity contribution in [2.75, 3.05) is 5.88 Å². The van der Waals surface area contributed by atoms with Crippen molar-refractivity contribution < 1.29 is 0 Å². The maximum atomic E-state index is 6.04. The van der Waals surface area contributed by atoms with Crippen LogP contribution in [-0.4, -0.2) is 19.4 Å². The van der Waals surface area contributed by atoms with E-state index in [0.717, 1.165) is 6.04 Å². The Balaban J connectivity index is 3.29. The standard InChI is InChI=1S/C9H17Cl3Si/c1-2-3-4-5-8-13-9(11,12)6-7-10/h2-8H2,1H3. The molecule has 0 nitrogen and oxygen atoms in total. The number of hydrogen-bond donors (Lipinski definition) is 0. The van der Waals surface area contributed by atoms with Gasteiger partial charge in [-0.25, -0.2) is 0 Å². The Morgan fingerprint density at radius 1 is 1.15 bits per heavy atom. The zero-order valence-electron chi connectivity index (χ0n) is 8.08. The van der Waals surface area contributed by atoms with Gasteiger partial charge < -0.3 is 0 Å². The van der Waals surface area contributed by atoms with E-state index in [4.69, 9.17) is 34.8 Å². The summed E-state index contributed by atoms with van der Waals surface area (Å²) < 4.78 is -0.562. The van der Waals surface area contributed by atoms with Crippen molar-refractivity contribution in [2.45, 2.75) is 49.0 Å². The van der Waals surface area contributed by atoms with E-state index in [1.54, 1.807) is 0 Å². The molecular weight excluding hydrogens is 243 g/mol. The second-order valence-electron chi connectivity index (χ2n) is 3.13. The van der Waals surface area contributed by atoms with Crippen molar-refractivity contribution in [3.8, 4) is 0 Å². The van der Waals surface area contributed by atoms with Crippen LogP contribution in [0.2, 0.25) is 6.04 Å². The van der Waals surface area contributed by atoms with Gasteiger partial charge in [0.25, 0.3) is 0 Å².